The van der Waals surface area contributed by atoms with Gasteiger partial charge in [0.05, 0.1) is 37.6 Å². The first-order valence-electron chi connectivity index (χ1n) is 12.1. The first-order valence-corrected chi connectivity index (χ1v) is 12.1. The van der Waals surface area contributed by atoms with Crippen LogP contribution in [0.2, 0.25) is 0 Å². The molecule has 6 rings (SSSR count). The SMILES string of the molecule is COc1ccc([C@@H](C)N2C[C@@]34C=C[C@@H](O3)[C@@H](C(=O)NCCc3c[nH]c5ccccc35)[C@@H]4C2=O)cc1. The van der Waals surface area contributed by atoms with E-state index in [1.807, 2.05) is 72.6 Å². The number of carbonyl (C=O) groups excluding carboxylic acids is 2. The van der Waals surface area contributed by atoms with Crippen molar-refractivity contribution in [3.05, 3.63) is 78.0 Å². The second-order valence-corrected chi connectivity index (χ2v) is 9.72. The molecule has 3 aliphatic heterocycles. The molecule has 35 heavy (non-hydrogen) atoms. The van der Waals surface area contributed by atoms with Crippen LogP contribution in [0.5, 0.6) is 5.75 Å². The van der Waals surface area contributed by atoms with Gasteiger partial charge >= 0.3 is 0 Å². The predicted octanol–water partition coefficient (Wildman–Crippen LogP) is 3.38. The van der Waals surface area contributed by atoms with E-state index in [1.54, 1.807) is 7.11 Å². The lowest BCUT2D eigenvalue weighted by atomic mass is 9.77. The van der Waals surface area contributed by atoms with Crippen molar-refractivity contribution in [3.63, 3.8) is 0 Å². The number of ether oxygens (including phenoxy) is 2. The molecule has 0 aliphatic carbocycles. The highest BCUT2D eigenvalue weighted by molar-refractivity contribution is 5.93. The Hall–Kier alpha value is -3.58. The molecule has 7 heteroatoms. The minimum Gasteiger partial charge on any atom is -0.497 e. The number of rotatable bonds is 7. The maximum atomic E-state index is 13.6. The molecule has 4 heterocycles. The molecule has 0 unspecified atom stereocenters. The largest absolute Gasteiger partial charge is 0.497 e. The summed E-state index contributed by atoms with van der Waals surface area (Å²) in [5.41, 5.74) is 2.55. The van der Waals surface area contributed by atoms with Crippen LogP contribution in [0.4, 0.5) is 0 Å². The Morgan fingerprint density at radius 1 is 1.26 bits per heavy atom. The van der Waals surface area contributed by atoms with Crippen LogP contribution in [0.1, 0.15) is 24.1 Å². The van der Waals surface area contributed by atoms with Crippen LogP contribution in [-0.2, 0) is 20.7 Å². The fraction of sp³-hybridized carbons (Fsp3) is 0.357. The predicted molar refractivity (Wildman–Crippen MR) is 132 cm³/mol. The number of hydrogen-bond acceptors (Lipinski definition) is 4. The molecule has 5 atom stereocenters. The van der Waals surface area contributed by atoms with Gasteiger partial charge in [-0.05, 0) is 42.7 Å². The minimum absolute atomic E-state index is 0.0167. The van der Waals surface area contributed by atoms with Crippen LogP contribution in [0, 0.1) is 11.8 Å². The van der Waals surface area contributed by atoms with E-state index in [4.69, 9.17) is 9.47 Å². The fourth-order valence-electron chi connectivity index (χ4n) is 5.99. The van der Waals surface area contributed by atoms with Crippen molar-refractivity contribution >= 4 is 22.7 Å². The molecule has 2 fully saturated rings. The Balaban J connectivity index is 1.16. The van der Waals surface area contributed by atoms with Crippen LogP contribution < -0.4 is 10.1 Å². The van der Waals surface area contributed by atoms with E-state index >= 15 is 0 Å². The monoisotopic (exact) mass is 471 g/mol. The molecule has 2 amide bonds. The molecule has 2 bridgehead atoms. The number of likely N-dealkylation sites (tertiary alicyclic amines) is 1. The average Bonchev–Trinajstić information content (AvgIpc) is 3.63. The Bertz CT molecular complexity index is 1310. The molecular formula is C28H29N3O4. The van der Waals surface area contributed by atoms with Gasteiger partial charge in [-0.2, -0.15) is 0 Å². The summed E-state index contributed by atoms with van der Waals surface area (Å²) in [5.74, 6) is -0.358. The Morgan fingerprint density at radius 2 is 2.06 bits per heavy atom. The van der Waals surface area contributed by atoms with Crippen molar-refractivity contribution in [3.8, 4) is 5.75 Å². The molecule has 2 aromatic carbocycles. The second-order valence-electron chi connectivity index (χ2n) is 9.72. The van der Waals surface area contributed by atoms with Gasteiger partial charge in [0.1, 0.15) is 11.4 Å². The molecule has 7 nitrogen and oxygen atoms in total. The second kappa shape index (κ2) is 8.27. The summed E-state index contributed by atoms with van der Waals surface area (Å²) < 4.78 is 11.5. The summed E-state index contributed by atoms with van der Waals surface area (Å²) in [6.45, 7) is 2.98. The maximum absolute atomic E-state index is 13.6. The summed E-state index contributed by atoms with van der Waals surface area (Å²) in [6, 6.07) is 15.8. The number of nitrogens with zero attached hydrogens (tertiary/aromatic N) is 1. The van der Waals surface area contributed by atoms with Gasteiger partial charge in [0, 0.05) is 23.6 Å². The summed E-state index contributed by atoms with van der Waals surface area (Å²) in [5, 5.41) is 4.25. The average molecular weight is 472 g/mol. The summed E-state index contributed by atoms with van der Waals surface area (Å²) >= 11 is 0. The number of benzene rings is 2. The molecule has 2 N–H and O–H groups in total. The molecule has 1 spiro atoms. The van der Waals surface area contributed by atoms with Crippen molar-refractivity contribution in [2.24, 2.45) is 11.8 Å². The molecule has 3 aromatic rings. The van der Waals surface area contributed by atoms with Crippen LogP contribution in [0.3, 0.4) is 0 Å². The summed E-state index contributed by atoms with van der Waals surface area (Å²) in [6.07, 6.45) is 6.31. The van der Waals surface area contributed by atoms with E-state index < -0.39 is 17.4 Å². The van der Waals surface area contributed by atoms with E-state index in [2.05, 4.69) is 16.4 Å². The van der Waals surface area contributed by atoms with Crippen LogP contribution in [0.25, 0.3) is 10.9 Å². The lowest BCUT2D eigenvalue weighted by molar-refractivity contribution is -0.138. The first kappa shape index (κ1) is 21.9. The summed E-state index contributed by atoms with van der Waals surface area (Å²) in [7, 11) is 1.63. The van der Waals surface area contributed by atoms with Crippen molar-refractivity contribution in [1.29, 1.82) is 0 Å². The van der Waals surface area contributed by atoms with Crippen molar-refractivity contribution < 1.29 is 19.1 Å². The van der Waals surface area contributed by atoms with Gasteiger partial charge in [0.2, 0.25) is 11.8 Å². The molecule has 0 radical (unpaired) electrons. The number of amides is 2. The highest BCUT2D eigenvalue weighted by Gasteiger charge is 2.67. The summed E-state index contributed by atoms with van der Waals surface area (Å²) in [4.78, 5) is 32.1. The van der Waals surface area contributed by atoms with Gasteiger partial charge < -0.3 is 24.7 Å². The third-order valence-corrected chi connectivity index (χ3v) is 7.87. The first-order chi connectivity index (χ1) is 17.0. The number of aromatic amines is 1. The third kappa shape index (κ3) is 3.45. The van der Waals surface area contributed by atoms with Gasteiger partial charge in [-0.15, -0.1) is 0 Å². The highest BCUT2D eigenvalue weighted by Crippen LogP contribution is 2.53. The van der Waals surface area contributed by atoms with E-state index in [0.29, 0.717) is 19.5 Å². The molecule has 2 saturated heterocycles. The number of fused-ring (bicyclic) bond motifs is 2. The number of nitrogens with one attached hydrogen (secondary N) is 2. The zero-order valence-corrected chi connectivity index (χ0v) is 19.9. The van der Waals surface area contributed by atoms with Crippen molar-refractivity contribution in [2.45, 2.75) is 31.1 Å². The number of hydrogen-bond donors (Lipinski definition) is 2. The standard InChI is InChI=1S/C28H29N3O4/c1-17(18-7-9-20(34-2)10-8-18)31-16-28-13-11-23(35-28)24(25(28)27(31)33)26(32)29-14-12-19-15-30-22-6-4-3-5-21(19)22/h3-11,13,15,17,23-25,30H,12,14,16H2,1-2H3,(H,29,32)/t17-,23-,24-,25-,28-/m1/s1. The zero-order valence-electron chi connectivity index (χ0n) is 19.9. The Morgan fingerprint density at radius 3 is 2.86 bits per heavy atom. The zero-order chi connectivity index (χ0) is 24.2. The minimum atomic E-state index is -0.721. The number of para-hydroxylation sites is 1. The third-order valence-electron chi connectivity index (χ3n) is 7.87. The van der Waals surface area contributed by atoms with Gasteiger partial charge in [0.25, 0.3) is 0 Å². The molecule has 3 aliphatic rings. The number of aromatic nitrogens is 1. The van der Waals surface area contributed by atoms with Crippen LogP contribution >= 0.6 is 0 Å². The molecule has 180 valence electrons. The normalized spacial score (nSPS) is 27.4. The molecule has 1 aromatic heterocycles. The number of methoxy groups -OCH3 is 1. The quantitative estimate of drug-likeness (QED) is 0.518. The lowest BCUT2D eigenvalue weighted by Gasteiger charge is -2.28. The molecule has 0 saturated carbocycles. The topological polar surface area (TPSA) is 83.7 Å². The Kier molecular flexibility index (Phi) is 5.18. The number of H-pyrrole nitrogens is 1. The van der Waals surface area contributed by atoms with Gasteiger partial charge in [-0.1, -0.05) is 42.5 Å². The van der Waals surface area contributed by atoms with Crippen LogP contribution in [-0.4, -0.2) is 53.6 Å². The van der Waals surface area contributed by atoms with Crippen molar-refractivity contribution in [2.75, 3.05) is 20.2 Å². The van der Waals surface area contributed by atoms with E-state index in [1.165, 1.54) is 5.39 Å². The molecular weight excluding hydrogens is 442 g/mol. The smallest absolute Gasteiger partial charge is 0.230 e. The van der Waals surface area contributed by atoms with Gasteiger partial charge in [0.15, 0.2) is 0 Å². The highest BCUT2D eigenvalue weighted by atomic mass is 16.5. The van der Waals surface area contributed by atoms with E-state index in [0.717, 1.165) is 22.4 Å². The number of carbonyl (C=O) groups is 2. The van der Waals surface area contributed by atoms with Crippen LogP contribution in [0.15, 0.2) is 66.9 Å². The van der Waals surface area contributed by atoms with Crippen molar-refractivity contribution in [1.82, 2.24) is 15.2 Å². The van der Waals surface area contributed by atoms with Gasteiger partial charge in [-0.25, -0.2) is 0 Å². The Labute approximate surface area is 204 Å². The lowest BCUT2D eigenvalue weighted by Crippen LogP contribution is -2.44. The maximum Gasteiger partial charge on any atom is 0.230 e. The van der Waals surface area contributed by atoms with Gasteiger partial charge in [-0.3, -0.25) is 9.59 Å². The fourth-order valence-corrected chi connectivity index (χ4v) is 5.99. The van der Waals surface area contributed by atoms with E-state index in [9.17, 15) is 9.59 Å². The van der Waals surface area contributed by atoms with E-state index in [-0.39, 0.29) is 24.0 Å².